The summed E-state index contributed by atoms with van der Waals surface area (Å²) in [6.07, 6.45) is -1.89. The predicted octanol–water partition coefficient (Wildman–Crippen LogP) is 2.08. The maximum atomic E-state index is 13.5. The van der Waals surface area contributed by atoms with E-state index in [-0.39, 0.29) is 60.6 Å². The number of carbonyl (C=O) groups excluding carboxylic acids is 1. The van der Waals surface area contributed by atoms with E-state index in [9.17, 15) is 23.4 Å². The van der Waals surface area contributed by atoms with Gasteiger partial charge in [-0.05, 0) is 36.5 Å². The lowest BCUT2D eigenvalue weighted by Crippen LogP contribution is -2.51. The standard InChI is InChI=1S/C27H37N3O8S/c1-17(2)14-30(39(34,35)19-8-9-21(28)23(31)13-19)15-24(32)22(12-18-6-4-3-5-7-18)29-27(33)38-25-16-37-26-20(25)10-11-36-26/h3-9,13,17,20,22,24-26,31-32H,10-12,14-16,28H2,1-2H3,(H,29,33)/t20-,22-,24+,25-,26+/m0/s1. The average molecular weight is 564 g/mol. The van der Waals surface area contributed by atoms with Crippen molar-refractivity contribution in [2.75, 3.05) is 32.0 Å². The van der Waals surface area contributed by atoms with E-state index < -0.39 is 34.4 Å². The molecule has 12 heteroatoms. The number of alkyl carbamates (subject to hydrolysis) is 1. The number of carbonyl (C=O) groups is 1. The van der Waals surface area contributed by atoms with E-state index in [1.807, 2.05) is 44.2 Å². The molecule has 2 aliphatic heterocycles. The molecule has 11 nitrogen and oxygen atoms in total. The molecule has 0 spiro atoms. The van der Waals surface area contributed by atoms with Gasteiger partial charge in [0.05, 0.1) is 41.9 Å². The van der Waals surface area contributed by atoms with E-state index in [0.29, 0.717) is 6.61 Å². The van der Waals surface area contributed by atoms with E-state index in [1.165, 1.54) is 12.1 Å². The number of fused-ring (bicyclic) bond motifs is 1. The van der Waals surface area contributed by atoms with Crippen molar-refractivity contribution in [3.8, 4) is 5.75 Å². The van der Waals surface area contributed by atoms with Gasteiger partial charge in [0.25, 0.3) is 0 Å². The Morgan fingerprint density at radius 2 is 1.92 bits per heavy atom. The van der Waals surface area contributed by atoms with Crippen molar-refractivity contribution in [3.05, 3.63) is 54.1 Å². The van der Waals surface area contributed by atoms with Crippen LogP contribution in [0.25, 0.3) is 0 Å². The summed E-state index contributed by atoms with van der Waals surface area (Å²) in [5.41, 5.74) is 6.55. The van der Waals surface area contributed by atoms with Crippen molar-refractivity contribution >= 4 is 21.8 Å². The number of anilines is 1. The number of nitrogens with one attached hydrogen (secondary N) is 1. The molecular formula is C27H37N3O8S. The van der Waals surface area contributed by atoms with E-state index in [0.717, 1.165) is 22.4 Å². The number of benzene rings is 2. The number of phenolic OH excluding ortho intramolecular Hbond substituents is 1. The van der Waals surface area contributed by atoms with Crippen LogP contribution in [0.2, 0.25) is 0 Å². The van der Waals surface area contributed by atoms with Gasteiger partial charge in [0.1, 0.15) is 11.9 Å². The van der Waals surface area contributed by atoms with Crippen molar-refractivity contribution in [1.29, 1.82) is 0 Å². The van der Waals surface area contributed by atoms with Crippen LogP contribution in [0.5, 0.6) is 5.75 Å². The maximum Gasteiger partial charge on any atom is 0.407 e. The molecule has 2 aromatic rings. The van der Waals surface area contributed by atoms with Crippen LogP contribution in [0.4, 0.5) is 10.5 Å². The molecule has 39 heavy (non-hydrogen) atoms. The lowest BCUT2D eigenvalue weighted by atomic mass is 10.0. The Hall–Kier alpha value is -2.90. The highest BCUT2D eigenvalue weighted by atomic mass is 32.2. The molecule has 5 N–H and O–H groups in total. The third-order valence-electron chi connectivity index (χ3n) is 6.91. The Labute approximate surface area is 228 Å². The molecule has 2 aliphatic rings. The summed E-state index contributed by atoms with van der Waals surface area (Å²) in [4.78, 5) is 12.8. The minimum absolute atomic E-state index is 0.0451. The highest BCUT2D eigenvalue weighted by molar-refractivity contribution is 7.89. The lowest BCUT2D eigenvalue weighted by molar-refractivity contribution is -0.0907. The summed E-state index contributed by atoms with van der Waals surface area (Å²) in [5, 5.41) is 24.1. The van der Waals surface area contributed by atoms with Crippen molar-refractivity contribution in [2.24, 2.45) is 11.8 Å². The number of sulfonamides is 1. The van der Waals surface area contributed by atoms with E-state index in [4.69, 9.17) is 19.9 Å². The maximum absolute atomic E-state index is 13.5. The van der Waals surface area contributed by atoms with Crippen molar-refractivity contribution in [1.82, 2.24) is 9.62 Å². The molecule has 2 aromatic carbocycles. The number of hydrogen-bond donors (Lipinski definition) is 4. The Bertz CT molecular complexity index is 1230. The second-order valence-electron chi connectivity index (χ2n) is 10.4. The van der Waals surface area contributed by atoms with Gasteiger partial charge < -0.3 is 35.5 Å². The summed E-state index contributed by atoms with van der Waals surface area (Å²) in [6, 6.07) is 12.1. The topological polar surface area (TPSA) is 161 Å². The Morgan fingerprint density at radius 3 is 2.62 bits per heavy atom. The van der Waals surface area contributed by atoms with Gasteiger partial charge in [0.15, 0.2) is 6.29 Å². The van der Waals surface area contributed by atoms with Crippen LogP contribution < -0.4 is 11.1 Å². The Morgan fingerprint density at radius 1 is 1.18 bits per heavy atom. The van der Waals surface area contributed by atoms with E-state index in [2.05, 4.69) is 5.32 Å². The second-order valence-corrected chi connectivity index (χ2v) is 12.4. The molecule has 2 heterocycles. The van der Waals surface area contributed by atoms with Crippen LogP contribution in [-0.4, -0.2) is 79.9 Å². The first kappa shape index (κ1) is 29.1. The summed E-state index contributed by atoms with van der Waals surface area (Å²) in [6.45, 7) is 4.29. The zero-order valence-corrected chi connectivity index (χ0v) is 22.9. The Kier molecular flexibility index (Phi) is 9.34. The number of nitrogen functional groups attached to an aromatic ring is 1. The van der Waals surface area contributed by atoms with Crippen LogP contribution in [0.15, 0.2) is 53.4 Å². The van der Waals surface area contributed by atoms with E-state index >= 15 is 0 Å². The number of aromatic hydroxyl groups is 1. The van der Waals surface area contributed by atoms with Gasteiger partial charge in [-0.1, -0.05) is 44.2 Å². The van der Waals surface area contributed by atoms with Gasteiger partial charge in [0, 0.05) is 19.2 Å². The predicted molar refractivity (Wildman–Crippen MR) is 143 cm³/mol. The number of aliphatic hydroxyl groups excluding tert-OH is 1. The first-order chi connectivity index (χ1) is 18.5. The van der Waals surface area contributed by atoms with Crippen molar-refractivity contribution < 1.29 is 37.6 Å². The molecule has 0 saturated carbocycles. The second kappa shape index (κ2) is 12.5. The smallest absolute Gasteiger partial charge is 0.407 e. The molecule has 0 bridgehead atoms. The average Bonchev–Trinajstić information content (AvgIpc) is 3.50. The molecule has 0 unspecified atom stereocenters. The SMILES string of the molecule is CC(C)CN(C[C@@H](O)[C@H](Cc1ccccc1)NC(=O)O[C@H]1CO[C@H]2OCC[C@H]21)S(=O)(=O)c1ccc(N)c(O)c1. The molecule has 0 aliphatic carbocycles. The van der Waals surface area contributed by atoms with Gasteiger partial charge in [-0.3, -0.25) is 0 Å². The molecule has 2 saturated heterocycles. The van der Waals surface area contributed by atoms with Crippen molar-refractivity contribution in [3.63, 3.8) is 0 Å². The zero-order valence-electron chi connectivity index (χ0n) is 22.1. The number of amides is 1. The molecule has 5 atom stereocenters. The first-order valence-electron chi connectivity index (χ1n) is 13.1. The number of hydrogen-bond acceptors (Lipinski definition) is 9. The van der Waals surface area contributed by atoms with Crippen LogP contribution in [0.3, 0.4) is 0 Å². The van der Waals surface area contributed by atoms with Gasteiger partial charge >= 0.3 is 6.09 Å². The quantitative estimate of drug-likeness (QED) is 0.237. The van der Waals surface area contributed by atoms with Gasteiger partial charge in [-0.15, -0.1) is 0 Å². The first-order valence-corrected chi connectivity index (χ1v) is 14.5. The molecule has 214 valence electrons. The van der Waals surface area contributed by atoms with E-state index in [1.54, 1.807) is 0 Å². The molecule has 2 fully saturated rings. The van der Waals surface area contributed by atoms with Gasteiger partial charge in [-0.25, -0.2) is 13.2 Å². The van der Waals surface area contributed by atoms with Crippen LogP contribution >= 0.6 is 0 Å². The molecule has 0 aromatic heterocycles. The van der Waals surface area contributed by atoms with Crippen molar-refractivity contribution in [2.45, 2.75) is 56.1 Å². The zero-order chi connectivity index (χ0) is 28.2. The summed E-state index contributed by atoms with van der Waals surface area (Å²) >= 11 is 0. The van der Waals surface area contributed by atoms with Gasteiger partial charge in [0.2, 0.25) is 10.0 Å². The lowest BCUT2D eigenvalue weighted by Gasteiger charge is -2.31. The number of ether oxygens (including phenoxy) is 3. The van der Waals surface area contributed by atoms with Crippen LogP contribution in [-0.2, 0) is 30.7 Å². The molecule has 0 radical (unpaired) electrons. The highest BCUT2D eigenvalue weighted by Gasteiger charge is 2.44. The molecule has 4 rings (SSSR count). The normalized spacial score (nSPS) is 22.5. The van der Waals surface area contributed by atoms with Crippen LogP contribution in [0.1, 0.15) is 25.8 Å². The molecular weight excluding hydrogens is 526 g/mol. The van der Waals surface area contributed by atoms with Gasteiger partial charge in [-0.2, -0.15) is 4.31 Å². The number of phenols is 1. The van der Waals surface area contributed by atoms with Crippen LogP contribution in [0, 0.1) is 11.8 Å². The fourth-order valence-corrected chi connectivity index (χ4v) is 6.51. The number of aliphatic hydroxyl groups is 1. The third kappa shape index (κ3) is 7.20. The third-order valence-corrected chi connectivity index (χ3v) is 8.74. The summed E-state index contributed by atoms with van der Waals surface area (Å²) in [5.74, 6) is -0.460. The minimum Gasteiger partial charge on any atom is -0.506 e. The fraction of sp³-hybridized carbons (Fsp3) is 0.519. The summed E-state index contributed by atoms with van der Waals surface area (Å²) in [7, 11) is -4.11. The molecule has 1 amide bonds. The summed E-state index contributed by atoms with van der Waals surface area (Å²) < 4.78 is 44.9. The highest BCUT2D eigenvalue weighted by Crippen LogP contribution is 2.33. The number of rotatable bonds is 11. The largest absolute Gasteiger partial charge is 0.506 e. The fourth-order valence-electron chi connectivity index (χ4n) is 4.87. The number of nitrogens with two attached hydrogens (primary N) is 1. The monoisotopic (exact) mass is 563 g/mol. The Balaban J connectivity index is 1.52. The minimum atomic E-state index is -4.11. The number of nitrogens with zero attached hydrogens (tertiary/aromatic N) is 1.